The summed E-state index contributed by atoms with van der Waals surface area (Å²) in [5.41, 5.74) is 1.52. The summed E-state index contributed by atoms with van der Waals surface area (Å²) in [5, 5.41) is 0. The normalized spacial score (nSPS) is 15.6. The molecule has 20 heavy (non-hydrogen) atoms. The van der Waals surface area contributed by atoms with Crippen molar-refractivity contribution in [3.8, 4) is 5.75 Å². The molecule has 2 aromatic carbocycles. The monoisotopic (exact) mass is 286 g/mol. The van der Waals surface area contributed by atoms with Crippen LogP contribution in [0.4, 0.5) is 0 Å². The summed E-state index contributed by atoms with van der Waals surface area (Å²) < 4.78 is 30.5. The van der Waals surface area contributed by atoms with Gasteiger partial charge in [-0.15, -0.1) is 0 Å². The van der Waals surface area contributed by atoms with E-state index in [0.717, 1.165) is 11.1 Å². The zero-order chi connectivity index (χ0) is 14.2. The molecule has 0 saturated carbocycles. The predicted octanol–water partition coefficient (Wildman–Crippen LogP) is 3.20. The minimum atomic E-state index is -3.41. The Kier molecular flexibility index (Phi) is 3.10. The number of aryl methyl sites for hydroxylation is 1. The summed E-state index contributed by atoms with van der Waals surface area (Å²) in [6.45, 7) is 1.87. The Bertz CT molecular complexity index is 775. The fraction of sp³-hybridized carbons (Fsp3) is 0.125. The van der Waals surface area contributed by atoms with Crippen LogP contribution in [0.5, 0.6) is 5.75 Å². The number of ether oxygens (including phenoxy) is 1. The fourth-order valence-electron chi connectivity index (χ4n) is 2.33. The van der Waals surface area contributed by atoms with Crippen molar-refractivity contribution < 1.29 is 13.2 Å². The number of sulfone groups is 1. The van der Waals surface area contributed by atoms with Crippen LogP contribution < -0.4 is 4.74 Å². The Morgan fingerprint density at radius 2 is 1.75 bits per heavy atom. The molecule has 0 spiro atoms. The lowest BCUT2D eigenvalue weighted by Crippen LogP contribution is -2.09. The van der Waals surface area contributed by atoms with Crippen LogP contribution in [0, 0.1) is 6.92 Å². The number of benzene rings is 2. The van der Waals surface area contributed by atoms with Gasteiger partial charge in [-0.05, 0) is 36.3 Å². The van der Waals surface area contributed by atoms with Gasteiger partial charge in [-0.3, -0.25) is 0 Å². The summed E-state index contributed by atoms with van der Waals surface area (Å²) in [7, 11) is -3.41. The van der Waals surface area contributed by atoms with Gasteiger partial charge in [0.1, 0.15) is 12.4 Å². The molecule has 0 aliphatic carbocycles. The first-order valence-corrected chi connectivity index (χ1v) is 7.80. The first-order chi connectivity index (χ1) is 9.59. The van der Waals surface area contributed by atoms with Crippen LogP contribution in [0.25, 0.3) is 6.08 Å². The van der Waals surface area contributed by atoms with Gasteiger partial charge in [-0.25, -0.2) is 8.42 Å². The van der Waals surface area contributed by atoms with Crippen molar-refractivity contribution in [3.63, 3.8) is 0 Å². The average molecular weight is 286 g/mol. The van der Waals surface area contributed by atoms with E-state index in [1.54, 1.807) is 18.2 Å². The molecular weight excluding hydrogens is 272 g/mol. The second-order valence-corrected chi connectivity index (χ2v) is 6.65. The molecule has 102 valence electrons. The third-order valence-corrected chi connectivity index (χ3v) is 5.32. The van der Waals surface area contributed by atoms with Crippen molar-refractivity contribution in [2.45, 2.75) is 11.8 Å². The van der Waals surface area contributed by atoms with Crippen LogP contribution in [0.15, 0.2) is 58.3 Å². The highest BCUT2D eigenvalue weighted by molar-refractivity contribution is 7.96. The number of rotatable bonds is 3. The summed E-state index contributed by atoms with van der Waals surface area (Å²) in [6.07, 6.45) is 1.70. The molecular formula is C16H14O3S. The molecule has 0 aromatic heterocycles. The molecule has 4 heteroatoms. The largest absolute Gasteiger partial charge is 0.488 e. The number of hydrogen-bond donors (Lipinski definition) is 0. The molecule has 0 N–H and O–H groups in total. The molecule has 0 saturated heterocycles. The van der Waals surface area contributed by atoms with E-state index in [9.17, 15) is 8.42 Å². The maximum atomic E-state index is 12.5. The summed E-state index contributed by atoms with van der Waals surface area (Å²) in [5.74, 6) is 0.663. The lowest BCUT2D eigenvalue weighted by molar-refractivity contribution is 0.359. The Labute approximate surface area is 118 Å². The second kappa shape index (κ2) is 4.80. The van der Waals surface area contributed by atoms with Gasteiger partial charge in [-0.1, -0.05) is 36.4 Å². The van der Waals surface area contributed by atoms with E-state index in [0.29, 0.717) is 15.6 Å². The average Bonchev–Trinajstić information content (AvgIpc) is 2.70. The van der Waals surface area contributed by atoms with Crippen LogP contribution >= 0.6 is 0 Å². The van der Waals surface area contributed by atoms with Crippen LogP contribution in [-0.2, 0) is 9.84 Å². The zero-order valence-electron chi connectivity index (χ0n) is 11.0. The van der Waals surface area contributed by atoms with Crippen molar-refractivity contribution >= 4 is 15.9 Å². The Morgan fingerprint density at radius 1 is 1.00 bits per heavy atom. The highest BCUT2D eigenvalue weighted by Crippen LogP contribution is 2.35. The molecule has 1 aliphatic rings. The van der Waals surface area contributed by atoms with E-state index in [4.69, 9.17) is 4.74 Å². The van der Waals surface area contributed by atoms with Gasteiger partial charge in [0, 0.05) is 0 Å². The van der Waals surface area contributed by atoms with Gasteiger partial charge >= 0.3 is 0 Å². The van der Waals surface area contributed by atoms with Gasteiger partial charge in [-0.2, -0.15) is 0 Å². The minimum absolute atomic E-state index is 0.0560. The number of para-hydroxylation sites is 1. The van der Waals surface area contributed by atoms with Gasteiger partial charge < -0.3 is 4.74 Å². The summed E-state index contributed by atoms with van der Waals surface area (Å²) in [4.78, 5) is 0.720. The number of fused-ring (bicyclic) bond motifs is 1. The number of hydrogen-bond acceptors (Lipinski definition) is 3. The fourth-order valence-corrected chi connectivity index (χ4v) is 4.02. The van der Waals surface area contributed by atoms with Crippen LogP contribution in [0.3, 0.4) is 0 Å². The molecule has 0 amide bonds. The van der Waals surface area contributed by atoms with Gasteiger partial charge in [0.25, 0.3) is 0 Å². The van der Waals surface area contributed by atoms with E-state index < -0.39 is 9.84 Å². The molecule has 2 aromatic rings. The zero-order valence-corrected chi connectivity index (χ0v) is 11.9. The Balaban J connectivity index is 1.89. The first kappa shape index (κ1) is 12.9. The van der Waals surface area contributed by atoms with Gasteiger partial charge in [0.05, 0.1) is 9.80 Å². The quantitative estimate of drug-likeness (QED) is 0.870. The summed E-state index contributed by atoms with van der Waals surface area (Å²) in [6, 6.07) is 14.7. The van der Waals surface area contributed by atoms with Crippen molar-refractivity contribution in [1.29, 1.82) is 0 Å². The Morgan fingerprint density at radius 3 is 2.45 bits per heavy atom. The topological polar surface area (TPSA) is 43.4 Å². The highest BCUT2D eigenvalue weighted by atomic mass is 32.2. The van der Waals surface area contributed by atoms with Crippen LogP contribution in [0.2, 0.25) is 0 Å². The maximum absolute atomic E-state index is 12.5. The highest BCUT2D eigenvalue weighted by Gasteiger charge is 2.31. The minimum Gasteiger partial charge on any atom is -0.488 e. The van der Waals surface area contributed by atoms with E-state index in [-0.39, 0.29) is 6.61 Å². The molecule has 0 fully saturated rings. The molecule has 0 bridgehead atoms. The lowest BCUT2D eigenvalue weighted by Gasteiger charge is -2.08. The van der Waals surface area contributed by atoms with Crippen LogP contribution in [0.1, 0.15) is 11.1 Å². The molecule has 0 atom stereocenters. The van der Waals surface area contributed by atoms with Gasteiger partial charge in [0.15, 0.2) is 0 Å². The first-order valence-electron chi connectivity index (χ1n) is 6.32. The van der Waals surface area contributed by atoms with Crippen molar-refractivity contribution in [2.24, 2.45) is 0 Å². The molecule has 0 unspecified atom stereocenters. The predicted molar refractivity (Wildman–Crippen MR) is 78.3 cm³/mol. The van der Waals surface area contributed by atoms with E-state index >= 15 is 0 Å². The van der Waals surface area contributed by atoms with Crippen molar-refractivity contribution in [2.75, 3.05) is 6.61 Å². The molecule has 3 nitrogen and oxygen atoms in total. The standard InChI is InChI=1S/C16H14O3S/c1-12-6-5-7-13-10-15(20(17,18)16(12)13)11-19-14-8-3-2-4-9-14/h2-10H,11H2,1H3. The third-order valence-electron chi connectivity index (χ3n) is 3.30. The Hall–Kier alpha value is -2.07. The van der Waals surface area contributed by atoms with E-state index in [1.165, 1.54) is 0 Å². The second-order valence-electron chi connectivity index (χ2n) is 4.71. The van der Waals surface area contributed by atoms with Crippen molar-refractivity contribution in [1.82, 2.24) is 0 Å². The molecule has 0 radical (unpaired) electrons. The summed E-state index contributed by atoms with van der Waals surface area (Å²) >= 11 is 0. The van der Waals surface area contributed by atoms with E-state index in [2.05, 4.69) is 0 Å². The SMILES string of the molecule is Cc1cccc2c1S(=O)(=O)C(COc1ccccc1)=C2. The lowest BCUT2D eigenvalue weighted by atomic mass is 10.1. The van der Waals surface area contributed by atoms with Gasteiger partial charge in [0.2, 0.25) is 9.84 Å². The molecule has 1 heterocycles. The third kappa shape index (κ3) is 2.12. The van der Waals surface area contributed by atoms with Crippen LogP contribution in [-0.4, -0.2) is 15.0 Å². The van der Waals surface area contributed by atoms with E-state index in [1.807, 2.05) is 43.3 Å². The smallest absolute Gasteiger partial charge is 0.207 e. The maximum Gasteiger partial charge on any atom is 0.207 e. The molecule has 3 rings (SSSR count). The van der Waals surface area contributed by atoms with Crippen molar-refractivity contribution in [3.05, 3.63) is 64.6 Å². The molecule has 1 aliphatic heterocycles.